The first-order valence-electron chi connectivity index (χ1n) is 5.62. The molecule has 1 heterocycles. The Balaban J connectivity index is 2.15. The lowest BCUT2D eigenvalue weighted by atomic mass is 10.1. The second-order valence-corrected chi connectivity index (χ2v) is 4.56. The fourth-order valence-corrected chi connectivity index (χ4v) is 2.01. The third-order valence-corrected chi connectivity index (χ3v) is 3.20. The lowest BCUT2D eigenvalue weighted by Gasteiger charge is -2.17. The van der Waals surface area contributed by atoms with Crippen LogP contribution in [0.4, 0.5) is 5.82 Å². The average Bonchev–Trinajstić information content (AvgIpc) is 2.46. The quantitative estimate of drug-likeness (QED) is 0.639. The van der Waals surface area contributed by atoms with Crippen molar-refractivity contribution in [2.45, 2.75) is 11.1 Å². The summed E-state index contributed by atoms with van der Waals surface area (Å²) in [5, 5.41) is 13.6. The van der Waals surface area contributed by atoms with E-state index >= 15 is 0 Å². The first-order chi connectivity index (χ1) is 8.83. The molecule has 1 aromatic heterocycles. The summed E-state index contributed by atoms with van der Waals surface area (Å²) < 4.78 is 0. The van der Waals surface area contributed by atoms with Gasteiger partial charge in [0.1, 0.15) is 17.2 Å². The Morgan fingerprint density at radius 2 is 2.06 bits per heavy atom. The largest absolute Gasteiger partial charge is 0.394 e. The molecule has 94 valence electrons. The molecule has 0 spiro atoms. The molecule has 0 aliphatic rings. The van der Waals surface area contributed by atoms with Crippen LogP contribution in [0.2, 0.25) is 0 Å². The molecule has 2 aromatic rings. The maximum absolute atomic E-state index is 9.46. The number of nitrogens with zero attached hydrogens (tertiary/aromatic N) is 2. The second kappa shape index (κ2) is 6.37. The Morgan fingerprint density at radius 1 is 1.28 bits per heavy atom. The van der Waals surface area contributed by atoms with Crippen LogP contribution in [0.5, 0.6) is 0 Å². The van der Waals surface area contributed by atoms with Crippen LogP contribution >= 0.6 is 11.8 Å². The smallest absolute Gasteiger partial charge is 0.131 e. The number of nitrogens with one attached hydrogen (secondary N) is 1. The van der Waals surface area contributed by atoms with Crippen LogP contribution in [0.1, 0.15) is 11.6 Å². The number of anilines is 1. The molecule has 4 nitrogen and oxygen atoms in total. The van der Waals surface area contributed by atoms with Crippen LogP contribution in [0.3, 0.4) is 0 Å². The van der Waals surface area contributed by atoms with Gasteiger partial charge in [-0.2, -0.15) is 0 Å². The normalized spacial score (nSPS) is 12.1. The fraction of sp³-hybridized carbons (Fsp3) is 0.231. The van der Waals surface area contributed by atoms with E-state index in [1.165, 1.54) is 6.33 Å². The molecule has 18 heavy (non-hydrogen) atoms. The lowest BCUT2D eigenvalue weighted by Crippen LogP contribution is -2.15. The van der Waals surface area contributed by atoms with Gasteiger partial charge in [0, 0.05) is 6.07 Å². The van der Waals surface area contributed by atoms with E-state index in [2.05, 4.69) is 15.3 Å². The van der Waals surface area contributed by atoms with Crippen LogP contribution in [0.15, 0.2) is 47.8 Å². The minimum atomic E-state index is -0.157. The molecule has 0 radical (unpaired) electrons. The summed E-state index contributed by atoms with van der Waals surface area (Å²) in [4.78, 5) is 8.27. The second-order valence-electron chi connectivity index (χ2n) is 3.74. The van der Waals surface area contributed by atoms with Crippen molar-refractivity contribution in [1.82, 2.24) is 9.97 Å². The molecule has 0 aliphatic carbocycles. The Kier molecular flexibility index (Phi) is 4.55. The summed E-state index contributed by atoms with van der Waals surface area (Å²) in [6, 6.07) is 11.5. The summed E-state index contributed by atoms with van der Waals surface area (Å²) in [5.41, 5.74) is 1.03. The molecule has 1 atom stereocenters. The van der Waals surface area contributed by atoms with E-state index in [1.54, 1.807) is 11.8 Å². The van der Waals surface area contributed by atoms with Crippen LogP contribution in [-0.4, -0.2) is 27.9 Å². The van der Waals surface area contributed by atoms with E-state index in [-0.39, 0.29) is 12.6 Å². The van der Waals surface area contributed by atoms with E-state index in [4.69, 9.17) is 0 Å². The Bertz CT molecular complexity index is 493. The van der Waals surface area contributed by atoms with E-state index in [1.807, 2.05) is 42.7 Å². The number of aromatic nitrogens is 2. The van der Waals surface area contributed by atoms with Gasteiger partial charge < -0.3 is 10.4 Å². The van der Waals surface area contributed by atoms with Crippen molar-refractivity contribution >= 4 is 17.6 Å². The molecule has 2 N–H and O–H groups in total. The van der Waals surface area contributed by atoms with Gasteiger partial charge in [-0.15, -0.1) is 11.8 Å². The van der Waals surface area contributed by atoms with Gasteiger partial charge in [0.05, 0.1) is 12.6 Å². The van der Waals surface area contributed by atoms with Gasteiger partial charge in [-0.05, 0) is 11.8 Å². The van der Waals surface area contributed by atoms with Gasteiger partial charge >= 0.3 is 0 Å². The van der Waals surface area contributed by atoms with E-state index < -0.39 is 0 Å². The molecular formula is C13H15N3OS. The highest BCUT2D eigenvalue weighted by Crippen LogP contribution is 2.20. The zero-order chi connectivity index (χ0) is 12.8. The van der Waals surface area contributed by atoms with E-state index in [0.29, 0.717) is 0 Å². The number of hydrogen-bond donors (Lipinski definition) is 2. The maximum atomic E-state index is 9.46. The standard InChI is InChI=1S/C13H15N3OS/c1-18-13-7-12(14-9-15-13)16-11(8-17)10-5-3-2-4-6-10/h2-7,9,11,17H,8H2,1H3,(H,14,15,16). The van der Waals surface area contributed by atoms with Crippen LogP contribution in [0, 0.1) is 0 Å². The Labute approximate surface area is 110 Å². The minimum absolute atomic E-state index is 0.0165. The zero-order valence-corrected chi connectivity index (χ0v) is 10.9. The first kappa shape index (κ1) is 12.9. The van der Waals surface area contributed by atoms with Gasteiger partial charge in [0.25, 0.3) is 0 Å². The summed E-state index contributed by atoms with van der Waals surface area (Å²) in [6.07, 6.45) is 3.49. The van der Waals surface area contributed by atoms with Crippen molar-refractivity contribution in [3.05, 3.63) is 48.3 Å². The molecule has 0 amide bonds. The SMILES string of the molecule is CSc1cc(NC(CO)c2ccccc2)ncn1. The highest BCUT2D eigenvalue weighted by Gasteiger charge is 2.10. The monoisotopic (exact) mass is 261 g/mol. The van der Waals surface area contributed by atoms with Crippen molar-refractivity contribution in [2.75, 3.05) is 18.2 Å². The van der Waals surface area contributed by atoms with Crippen molar-refractivity contribution in [1.29, 1.82) is 0 Å². The predicted octanol–water partition coefficient (Wildman–Crippen LogP) is 2.34. The summed E-state index contributed by atoms with van der Waals surface area (Å²) in [6.45, 7) is 0.0165. The molecule has 1 unspecified atom stereocenters. The third kappa shape index (κ3) is 3.21. The molecule has 2 rings (SSSR count). The minimum Gasteiger partial charge on any atom is -0.394 e. The van der Waals surface area contributed by atoms with Crippen LogP contribution in [0.25, 0.3) is 0 Å². The molecule has 0 bridgehead atoms. The molecule has 0 fully saturated rings. The van der Waals surface area contributed by atoms with Crippen molar-refractivity contribution < 1.29 is 5.11 Å². The molecule has 5 heteroatoms. The number of thioether (sulfide) groups is 1. The topological polar surface area (TPSA) is 58.0 Å². The number of benzene rings is 1. The highest BCUT2D eigenvalue weighted by atomic mass is 32.2. The third-order valence-electron chi connectivity index (χ3n) is 2.56. The average molecular weight is 261 g/mol. The maximum Gasteiger partial charge on any atom is 0.131 e. The molecule has 0 saturated carbocycles. The summed E-state index contributed by atoms with van der Waals surface area (Å²) >= 11 is 1.56. The zero-order valence-electron chi connectivity index (χ0n) is 10.1. The highest BCUT2D eigenvalue weighted by molar-refractivity contribution is 7.98. The number of hydrogen-bond acceptors (Lipinski definition) is 5. The molecular weight excluding hydrogens is 246 g/mol. The predicted molar refractivity (Wildman–Crippen MR) is 73.7 cm³/mol. The van der Waals surface area contributed by atoms with E-state index in [0.717, 1.165) is 16.4 Å². The Hall–Kier alpha value is -1.59. The van der Waals surface area contributed by atoms with Gasteiger partial charge in [-0.1, -0.05) is 30.3 Å². The van der Waals surface area contributed by atoms with Crippen molar-refractivity contribution in [3.63, 3.8) is 0 Å². The van der Waals surface area contributed by atoms with Gasteiger partial charge in [0.15, 0.2) is 0 Å². The summed E-state index contributed by atoms with van der Waals surface area (Å²) in [5.74, 6) is 0.720. The van der Waals surface area contributed by atoms with Crippen LogP contribution < -0.4 is 5.32 Å². The van der Waals surface area contributed by atoms with E-state index in [9.17, 15) is 5.11 Å². The van der Waals surface area contributed by atoms with Gasteiger partial charge in [0.2, 0.25) is 0 Å². The molecule has 1 aromatic carbocycles. The fourth-order valence-electron chi connectivity index (χ4n) is 1.63. The van der Waals surface area contributed by atoms with Crippen molar-refractivity contribution in [3.8, 4) is 0 Å². The number of aliphatic hydroxyl groups is 1. The number of aliphatic hydroxyl groups excluding tert-OH is 1. The van der Waals surface area contributed by atoms with Gasteiger partial charge in [-0.3, -0.25) is 0 Å². The van der Waals surface area contributed by atoms with Gasteiger partial charge in [-0.25, -0.2) is 9.97 Å². The summed E-state index contributed by atoms with van der Waals surface area (Å²) in [7, 11) is 0. The molecule has 0 saturated heterocycles. The van der Waals surface area contributed by atoms with Crippen LogP contribution in [-0.2, 0) is 0 Å². The molecule has 0 aliphatic heterocycles. The lowest BCUT2D eigenvalue weighted by molar-refractivity contribution is 0.276. The first-order valence-corrected chi connectivity index (χ1v) is 6.84. The van der Waals surface area contributed by atoms with Crippen molar-refractivity contribution in [2.24, 2.45) is 0 Å². The Morgan fingerprint density at radius 3 is 2.72 bits per heavy atom. The number of rotatable bonds is 5.